The molecule has 1 aliphatic rings. The van der Waals surface area contributed by atoms with Gasteiger partial charge in [-0.15, -0.1) is 0 Å². The zero-order valence-corrected chi connectivity index (χ0v) is 12.1. The van der Waals surface area contributed by atoms with Crippen molar-refractivity contribution in [3.05, 3.63) is 48.3 Å². The molecule has 20 heavy (non-hydrogen) atoms. The Labute approximate surface area is 123 Å². The molecular formula is C15H19N3OS. The summed E-state index contributed by atoms with van der Waals surface area (Å²) < 4.78 is 1.87. The van der Waals surface area contributed by atoms with Crippen molar-refractivity contribution in [2.75, 3.05) is 18.1 Å². The summed E-state index contributed by atoms with van der Waals surface area (Å²) in [6, 6.07) is 12.1. The van der Waals surface area contributed by atoms with Crippen molar-refractivity contribution in [3.63, 3.8) is 0 Å². The third-order valence-electron chi connectivity index (χ3n) is 3.51. The van der Waals surface area contributed by atoms with Gasteiger partial charge in [-0.3, -0.25) is 0 Å². The first-order chi connectivity index (χ1) is 9.75. The fourth-order valence-corrected chi connectivity index (χ4v) is 3.63. The number of hydrogen-bond donors (Lipinski definition) is 2. The average Bonchev–Trinajstić information content (AvgIpc) is 3.10. The fourth-order valence-electron chi connectivity index (χ4n) is 2.34. The Balaban J connectivity index is 1.55. The zero-order valence-electron chi connectivity index (χ0n) is 11.3. The Hall–Kier alpha value is -1.30. The first-order valence-electron chi connectivity index (χ1n) is 6.86. The molecule has 0 spiro atoms. The highest BCUT2D eigenvalue weighted by atomic mass is 32.2. The van der Waals surface area contributed by atoms with Crippen LogP contribution in [0.5, 0.6) is 0 Å². The second-order valence-corrected chi connectivity index (χ2v) is 6.32. The van der Waals surface area contributed by atoms with Crippen LogP contribution in [0.1, 0.15) is 12.1 Å². The molecule has 0 aliphatic carbocycles. The van der Waals surface area contributed by atoms with Crippen LogP contribution in [0.3, 0.4) is 0 Å². The summed E-state index contributed by atoms with van der Waals surface area (Å²) in [5, 5.41) is 18.1. The molecule has 2 N–H and O–H groups in total. The Morgan fingerprint density at radius 2 is 2.15 bits per heavy atom. The van der Waals surface area contributed by atoms with Crippen molar-refractivity contribution in [2.24, 2.45) is 0 Å². The van der Waals surface area contributed by atoms with Gasteiger partial charge >= 0.3 is 0 Å². The third kappa shape index (κ3) is 3.23. The molecule has 1 aromatic heterocycles. The number of thioether (sulfide) groups is 1. The van der Waals surface area contributed by atoms with Crippen molar-refractivity contribution in [2.45, 2.75) is 18.6 Å². The van der Waals surface area contributed by atoms with Crippen LogP contribution in [0.15, 0.2) is 42.6 Å². The lowest BCUT2D eigenvalue weighted by Crippen LogP contribution is -2.40. The van der Waals surface area contributed by atoms with Crippen LogP contribution in [0.2, 0.25) is 0 Å². The molecule has 4 nitrogen and oxygen atoms in total. The number of nitrogens with one attached hydrogen (secondary N) is 1. The highest BCUT2D eigenvalue weighted by molar-refractivity contribution is 7.99. The van der Waals surface area contributed by atoms with Gasteiger partial charge in [-0.25, -0.2) is 4.68 Å². The normalized spacial score (nSPS) is 22.2. The summed E-state index contributed by atoms with van der Waals surface area (Å²) >= 11 is 1.82. The molecule has 5 heteroatoms. The molecule has 0 radical (unpaired) electrons. The van der Waals surface area contributed by atoms with Gasteiger partial charge < -0.3 is 10.4 Å². The fraction of sp³-hybridized carbons (Fsp3) is 0.400. The zero-order chi connectivity index (χ0) is 13.8. The molecule has 1 atom stereocenters. The largest absolute Gasteiger partial charge is 0.388 e. The second kappa shape index (κ2) is 5.99. The van der Waals surface area contributed by atoms with Crippen LogP contribution in [0, 0.1) is 0 Å². The van der Waals surface area contributed by atoms with Gasteiger partial charge in [-0.05, 0) is 30.4 Å². The maximum Gasteiger partial charge on any atom is 0.0869 e. The Morgan fingerprint density at radius 1 is 1.30 bits per heavy atom. The molecule has 0 saturated carbocycles. The topological polar surface area (TPSA) is 50.1 Å². The number of benzene rings is 1. The summed E-state index contributed by atoms with van der Waals surface area (Å²) in [5.41, 5.74) is 1.51. The quantitative estimate of drug-likeness (QED) is 0.882. The number of rotatable bonds is 5. The van der Waals surface area contributed by atoms with E-state index in [1.54, 1.807) is 0 Å². The number of aliphatic hydroxyl groups is 1. The lowest BCUT2D eigenvalue weighted by Gasteiger charge is -2.21. The van der Waals surface area contributed by atoms with Gasteiger partial charge in [0.2, 0.25) is 0 Å². The molecule has 0 amide bonds. The predicted octanol–water partition coefficient (Wildman–Crippen LogP) is 1.83. The Kier molecular flexibility index (Phi) is 4.10. The van der Waals surface area contributed by atoms with Crippen molar-refractivity contribution in [3.8, 4) is 5.69 Å². The number of aromatic nitrogens is 2. The van der Waals surface area contributed by atoms with Gasteiger partial charge in [0.05, 0.1) is 17.0 Å². The van der Waals surface area contributed by atoms with E-state index in [1.165, 1.54) is 0 Å². The van der Waals surface area contributed by atoms with E-state index in [1.807, 2.05) is 59.0 Å². The van der Waals surface area contributed by atoms with E-state index in [0.717, 1.165) is 29.3 Å². The van der Waals surface area contributed by atoms with Gasteiger partial charge in [0.25, 0.3) is 0 Å². The van der Waals surface area contributed by atoms with Crippen molar-refractivity contribution in [1.82, 2.24) is 15.1 Å². The minimum Gasteiger partial charge on any atom is -0.388 e. The van der Waals surface area contributed by atoms with Gasteiger partial charge in [0.1, 0.15) is 0 Å². The minimum atomic E-state index is -0.535. The van der Waals surface area contributed by atoms with Crippen molar-refractivity contribution >= 4 is 11.8 Å². The molecule has 1 saturated heterocycles. The molecule has 2 heterocycles. The first kappa shape index (κ1) is 13.7. The third-order valence-corrected chi connectivity index (χ3v) is 4.74. The standard InChI is InChI=1S/C15H19N3OS/c19-15(7-9-20-12-15)11-16-10-13-6-8-18(17-13)14-4-2-1-3-5-14/h1-6,8,16,19H,7,9-12H2. The van der Waals surface area contributed by atoms with Crippen LogP contribution in [-0.4, -0.2) is 38.5 Å². The number of nitrogens with zero attached hydrogens (tertiary/aromatic N) is 2. The van der Waals surface area contributed by atoms with E-state index in [-0.39, 0.29) is 0 Å². The SMILES string of the molecule is OC1(CNCc2ccn(-c3ccccc3)n2)CCSC1. The summed E-state index contributed by atoms with van der Waals surface area (Å²) in [4.78, 5) is 0. The second-order valence-electron chi connectivity index (χ2n) is 5.22. The van der Waals surface area contributed by atoms with Crippen LogP contribution in [0.25, 0.3) is 5.69 Å². The van der Waals surface area contributed by atoms with Gasteiger partial charge in [-0.2, -0.15) is 16.9 Å². The summed E-state index contributed by atoms with van der Waals surface area (Å²) in [7, 11) is 0. The molecular weight excluding hydrogens is 270 g/mol. The number of hydrogen-bond acceptors (Lipinski definition) is 4. The highest BCUT2D eigenvalue weighted by Crippen LogP contribution is 2.26. The number of para-hydroxylation sites is 1. The monoisotopic (exact) mass is 289 g/mol. The van der Waals surface area contributed by atoms with E-state index in [2.05, 4.69) is 10.4 Å². The summed E-state index contributed by atoms with van der Waals surface area (Å²) in [6.45, 7) is 1.32. The summed E-state index contributed by atoms with van der Waals surface area (Å²) in [6.07, 6.45) is 2.84. The lowest BCUT2D eigenvalue weighted by atomic mass is 10.0. The molecule has 3 rings (SSSR count). The van der Waals surface area contributed by atoms with E-state index < -0.39 is 5.60 Å². The smallest absolute Gasteiger partial charge is 0.0869 e. The van der Waals surface area contributed by atoms with E-state index in [4.69, 9.17) is 0 Å². The maximum atomic E-state index is 10.2. The predicted molar refractivity (Wildman–Crippen MR) is 82.2 cm³/mol. The molecule has 106 valence electrons. The van der Waals surface area contributed by atoms with E-state index in [0.29, 0.717) is 13.1 Å². The van der Waals surface area contributed by atoms with Crippen LogP contribution in [-0.2, 0) is 6.54 Å². The maximum absolute atomic E-state index is 10.2. The molecule has 1 aromatic carbocycles. The van der Waals surface area contributed by atoms with Crippen LogP contribution >= 0.6 is 11.8 Å². The Morgan fingerprint density at radius 3 is 2.90 bits per heavy atom. The van der Waals surface area contributed by atoms with Gasteiger partial charge in [0.15, 0.2) is 0 Å². The minimum absolute atomic E-state index is 0.535. The first-order valence-corrected chi connectivity index (χ1v) is 8.02. The van der Waals surface area contributed by atoms with Gasteiger partial charge in [0, 0.05) is 25.0 Å². The van der Waals surface area contributed by atoms with E-state index in [9.17, 15) is 5.11 Å². The van der Waals surface area contributed by atoms with Crippen LogP contribution < -0.4 is 5.32 Å². The lowest BCUT2D eigenvalue weighted by molar-refractivity contribution is 0.0674. The molecule has 1 fully saturated rings. The van der Waals surface area contributed by atoms with Crippen LogP contribution in [0.4, 0.5) is 0 Å². The highest BCUT2D eigenvalue weighted by Gasteiger charge is 2.30. The molecule has 2 aromatic rings. The van der Waals surface area contributed by atoms with Crippen molar-refractivity contribution < 1.29 is 5.11 Å². The van der Waals surface area contributed by atoms with Crippen molar-refractivity contribution in [1.29, 1.82) is 0 Å². The molecule has 1 unspecified atom stereocenters. The summed E-state index contributed by atoms with van der Waals surface area (Å²) in [5.74, 6) is 1.89. The average molecular weight is 289 g/mol. The Bertz CT molecular complexity index is 549. The van der Waals surface area contributed by atoms with E-state index >= 15 is 0 Å². The molecule has 0 bridgehead atoms. The molecule has 1 aliphatic heterocycles. The van der Waals surface area contributed by atoms with Gasteiger partial charge in [-0.1, -0.05) is 18.2 Å².